The number of aryl methyl sites for hydroxylation is 2. The van der Waals surface area contributed by atoms with Gasteiger partial charge in [-0.1, -0.05) is 19.2 Å². The summed E-state index contributed by atoms with van der Waals surface area (Å²) in [5, 5.41) is 1.58. The van der Waals surface area contributed by atoms with E-state index in [2.05, 4.69) is 19.2 Å². The summed E-state index contributed by atoms with van der Waals surface area (Å²) in [6.07, 6.45) is 14.4. The van der Waals surface area contributed by atoms with E-state index in [1.807, 2.05) is 38.1 Å². The lowest BCUT2D eigenvalue weighted by atomic mass is 9.82. The molecule has 482 valence electrons. The molecule has 0 aliphatic heterocycles. The Balaban J connectivity index is 0.730. The van der Waals surface area contributed by atoms with Crippen molar-refractivity contribution in [3.63, 3.8) is 0 Å². The van der Waals surface area contributed by atoms with E-state index in [1.54, 1.807) is 48.5 Å². The van der Waals surface area contributed by atoms with E-state index in [4.69, 9.17) is 66.8 Å². The van der Waals surface area contributed by atoms with Crippen molar-refractivity contribution in [1.82, 2.24) is 4.98 Å². The van der Waals surface area contributed by atoms with Crippen LogP contribution in [0.3, 0.4) is 0 Å². The van der Waals surface area contributed by atoms with Gasteiger partial charge in [-0.15, -0.1) is 11.3 Å². The zero-order valence-electron chi connectivity index (χ0n) is 51.4. The number of fused-ring (bicyclic) bond motifs is 2. The number of unbranched alkanes of at least 4 members (excludes halogenated alkanes) is 6. The Morgan fingerprint density at radius 1 is 0.533 bits per heavy atom. The Kier molecular flexibility index (Phi) is 26.9. The number of thiazole rings is 1. The topological polar surface area (TPSA) is 239 Å². The van der Waals surface area contributed by atoms with Gasteiger partial charge in [-0.05, 0) is 212 Å². The monoisotopic (exact) mass is 1260 g/mol. The molecule has 2 heterocycles. The van der Waals surface area contributed by atoms with Crippen molar-refractivity contribution < 1.29 is 90.6 Å². The van der Waals surface area contributed by atoms with Gasteiger partial charge in [0, 0.05) is 17.5 Å². The van der Waals surface area contributed by atoms with Gasteiger partial charge in [0.15, 0.2) is 28.0 Å². The fourth-order valence-corrected chi connectivity index (χ4v) is 11.5. The van der Waals surface area contributed by atoms with Gasteiger partial charge in [-0.25, -0.2) is 14.6 Å². The van der Waals surface area contributed by atoms with Gasteiger partial charge in [-0.3, -0.25) is 19.2 Å². The molecule has 2 aliphatic carbocycles. The number of benzene rings is 4. The van der Waals surface area contributed by atoms with E-state index in [-0.39, 0.29) is 61.7 Å². The van der Waals surface area contributed by atoms with Crippen molar-refractivity contribution in [1.29, 1.82) is 0 Å². The van der Waals surface area contributed by atoms with Gasteiger partial charge in [-0.2, -0.15) is 9.78 Å². The minimum atomic E-state index is -0.573. The maximum atomic E-state index is 13.9. The van der Waals surface area contributed by atoms with Crippen LogP contribution >= 0.6 is 11.3 Å². The third-order valence-corrected chi connectivity index (χ3v) is 16.7. The molecule has 20 nitrogen and oxygen atoms in total. The largest absolute Gasteiger partial charge is 0.494 e. The second kappa shape index (κ2) is 35.8. The quantitative estimate of drug-likeness (QED) is 0.00670. The second-order valence-corrected chi connectivity index (χ2v) is 23.5. The highest BCUT2D eigenvalue weighted by molar-refractivity contribution is 7.22. The highest BCUT2D eigenvalue weighted by Crippen LogP contribution is 2.43. The van der Waals surface area contributed by atoms with E-state index in [0.717, 1.165) is 111 Å². The summed E-state index contributed by atoms with van der Waals surface area (Å²) in [6.45, 7) is 13.0. The van der Waals surface area contributed by atoms with Crippen molar-refractivity contribution in [3.8, 4) is 45.3 Å². The number of hydrogen-bond donors (Lipinski definition) is 0. The Morgan fingerprint density at radius 3 is 1.57 bits per heavy atom. The third kappa shape index (κ3) is 21.8. The molecule has 21 heteroatoms. The smallest absolute Gasteiger partial charge is 0.330 e. The Bertz CT molecular complexity index is 3320. The summed E-state index contributed by atoms with van der Waals surface area (Å²) in [5.41, 5.74) is 3.40. The molecule has 0 radical (unpaired) electrons. The highest BCUT2D eigenvalue weighted by Gasteiger charge is 2.31. The molecule has 0 amide bonds. The average molecular weight is 1260 g/mol. The first kappa shape index (κ1) is 67.7. The molecule has 0 atom stereocenters. The maximum Gasteiger partial charge on any atom is 0.330 e. The molecule has 6 aromatic rings. The number of aromatic nitrogens is 1. The number of carbonyl (C=O) groups excluding carboxylic acids is 6. The van der Waals surface area contributed by atoms with Crippen molar-refractivity contribution in [3.05, 3.63) is 115 Å². The van der Waals surface area contributed by atoms with Crippen LogP contribution in [0.1, 0.15) is 127 Å². The van der Waals surface area contributed by atoms with Crippen molar-refractivity contribution in [2.75, 3.05) is 52.9 Å². The van der Waals surface area contributed by atoms with Crippen LogP contribution < -0.4 is 28.7 Å². The first-order valence-corrected chi connectivity index (χ1v) is 31.9. The molecule has 0 N–H and O–H groups in total. The zero-order valence-corrected chi connectivity index (χ0v) is 52.2. The van der Waals surface area contributed by atoms with Crippen molar-refractivity contribution in [2.45, 2.75) is 129 Å². The number of carbonyl (C=O) groups is 6. The van der Waals surface area contributed by atoms with Crippen molar-refractivity contribution in [2.24, 2.45) is 23.7 Å². The number of rotatable bonds is 37. The molecule has 0 saturated heterocycles. The average Bonchev–Trinajstić information content (AvgIpc) is 1.65. The number of hydrogen-bond acceptors (Lipinski definition) is 21. The summed E-state index contributed by atoms with van der Waals surface area (Å²) in [4.78, 5) is 101. The lowest BCUT2D eigenvalue weighted by Gasteiger charge is -2.26. The summed E-state index contributed by atoms with van der Waals surface area (Å²) in [6, 6.07) is 23.8. The molecule has 0 spiro atoms. The van der Waals surface area contributed by atoms with Crippen LogP contribution in [-0.4, -0.2) is 93.7 Å². The van der Waals surface area contributed by atoms with E-state index >= 15 is 0 Å². The highest BCUT2D eigenvalue weighted by atomic mass is 32.1. The van der Waals surface area contributed by atoms with Crippen LogP contribution in [0.15, 0.2) is 109 Å². The maximum absolute atomic E-state index is 13.9. The number of ether oxygens (including phenoxy) is 8. The van der Waals surface area contributed by atoms with Crippen LogP contribution in [0.2, 0.25) is 0 Å². The van der Waals surface area contributed by atoms with Crippen LogP contribution in [-0.2, 0) is 57.5 Å². The third-order valence-electron chi connectivity index (χ3n) is 15.6. The van der Waals surface area contributed by atoms with Gasteiger partial charge in [0.1, 0.15) is 46.3 Å². The molecule has 90 heavy (non-hydrogen) atoms. The fourth-order valence-electron chi connectivity index (χ4n) is 10.5. The minimum Gasteiger partial charge on any atom is -0.494 e. The van der Waals surface area contributed by atoms with Crippen LogP contribution in [0.5, 0.6) is 34.5 Å². The first-order chi connectivity index (χ1) is 43.8. The van der Waals surface area contributed by atoms with Crippen LogP contribution in [0.25, 0.3) is 32.0 Å². The molecule has 8 rings (SSSR count). The molecule has 0 unspecified atom stereocenters. The van der Waals surface area contributed by atoms with Gasteiger partial charge < -0.3 is 52.1 Å². The fraction of sp³-hybridized carbons (Fsp3) is 0.464. The molecule has 4 aromatic carbocycles. The predicted molar refractivity (Wildman–Crippen MR) is 334 cm³/mol. The molecule has 2 aromatic heterocycles. The van der Waals surface area contributed by atoms with E-state index in [9.17, 15) is 28.8 Å². The summed E-state index contributed by atoms with van der Waals surface area (Å²) < 4.78 is 50.6. The second-order valence-electron chi connectivity index (χ2n) is 22.5. The molecule has 2 fully saturated rings. The lowest BCUT2D eigenvalue weighted by molar-refractivity contribution is -0.218. The van der Waals surface area contributed by atoms with E-state index in [1.165, 1.54) is 11.3 Å². The Morgan fingerprint density at radius 2 is 1.02 bits per heavy atom. The zero-order chi connectivity index (χ0) is 63.5. The van der Waals surface area contributed by atoms with Crippen molar-refractivity contribution >= 4 is 68.3 Å². The van der Waals surface area contributed by atoms with Gasteiger partial charge in [0.25, 0.3) is 0 Å². The lowest BCUT2D eigenvalue weighted by Crippen LogP contribution is -2.27. The summed E-state index contributed by atoms with van der Waals surface area (Å²) in [5.74, 6) is 0.995. The van der Waals surface area contributed by atoms with Crippen LogP contribution in [0, 0.1) is 37.5 Å². The number of furan rings is 1. The number of esters is 6. The summed E-state index contributed by atoms with van der Waals surface area (Å²) >= 11 is 1.35. The molecule has 2 saturated carbocycles. The molecular formula is C69H81NO19S. The van der Waals surface area contributed by atoms with Gasteiger partial charge in [0.05, 0.1) is 64.3 Å². The molecule has 0 bridgehead atoms. The Labute approximate surface area is 528 Å². The number of nitrogens with zero attached hydrogens (tertiary/aromatic N) is 1. The van der Waals surface area contributed by atoms with Gasteiger partial charge >= 0.3 is 35.8 Å². The standard InChI is InChI=1S/C69H81NO19S/c1-5-61(71)81-39-33-63(73)79-37-13-9-7-11-35-77-52-23-27-54(28-24-52)85-68(75)50-19-15-49(16-20-50)45-84-89-57-31-32-58(66-65(57)70-67(90-66)60-43-56-47(4)41-46(3)42-59(56)86-60)87-69(76)51-21-17-48(18-22-51)44-83-88-55-29-25-53(26-30-55)78-36-12-8-10-14-38-80-64(74)34-40-82-62(72)6-2/h5-6,23-32,41-43,48-51H,1-2,7-22,33-40,44-45H2,3-4H3. The van der Waals surface area contributed by atoms with E-state index in [0.29, 0.717) is 121 Å². The van der Waals surface area contributed by atoms with Gasteiger partial charge in [0.2, 0.25) is 0 Å². The molecule has 2 aliphatic rings. The summed E-state index contributed by atoms with van der Waals surface area (Å²) in [7, 11) is 0. The first-order valence-electron chi connectivity index (χ1n) is 31.1. The minimum absolute atomic E-state index is 0.00784. The normalized spacial score (nSPS) is 16.3. The SMILES string of the molecule is C=CC(=O)OCCC(=O)OCCCCCCOc1ccc(OOCC2CCC(C(=O)Oc3ccc(OOCC4CCC(C(=O)Oc5ccc(OCCCCCCOC(=O)CCOC(=O)C=C)cc5)CC4)c4nc(-c5cc6c(C)cc(C)cc6o5)sc34)CC2)cc1. The Hall–Kier alpha value is -8.27. The predicted octanol–water partition coefficient (Wildman–Crippen LogP) is 14.0. The van der Waals surface area contributed by atoms with Crippen LogP contribution in [0.4, 0.5) is 0 Å². The van der Waals surface area contributed by atoms with E-state index < -0.39 is 23.9 Å². The molecular weight excluding hydrogens is 1180 g/mol.